The van der Waals surface area contributed by atoms with Crippen LogP contribution in [0.4, 0.5) is 0 Å². The van der Waals surface area contributed by atoms with Crippen LogP contribution in [0.2, 0.25) is 0 Å². The van der Waals surface area contributed by atoms with Gasteiger partial charge in [0.15, 0.2) is 5.96 Å². The molecule has 3 rings (SSSR count). The number of hydrogen-bond donors (Lipinski definition) is 2. The average Bonchev–Trinajstić information content (AvgIpc) is 2.79. The van der Waals surface area contributed by atoms with Crippen molar-refractivity contribution in [1.29, 1.82) is 0 Å². The molecule has 6 nitrogen and oxygen atoms in total. The van der Waals surface area contributed by atoms with Crippen molar-refractivity contribution in [1.82, 2.24) is 15.5 Å². The van der Waals surface area contributed by atoms with Crippen molar-refractivity contribution in [3.63, 3.8) is 0 Å². The first-order valence-corrected chi connectivity index (χ1v) is 12.9. The Morgan fingerprint density at radius 2 is 1.87 bits per heavy atom. The number of aliphatic imine (C=N–C) groups is 1. The molecule has 0 amide bonds. The Balaban J connectivity index is 1.53. The van der Waals surface area contributed by atoms with Crippen molar-refractivity contribution < 1.29 is 8.95 Å². The monoisotopic (exact) mass is 434 g/mol. The summed E-state index contributed by atoms with van der Waals surface area (Å²) in [5, 5.41) is 6.76. The summed E-state index contributed by atoms with van der Waals surface area (Å²) in [7, 11) is -0.879. The van der Waals surface area contributed by atoms with Gasteiger partial charge in [-0.15, -0.1) is 0 Å². The van der Waals surface area contributed by atoms with Gasteiger partial charge in [-0.25, -0.2) is 0 Å². The second-order valence-corrected chi connectivity index (χ2v) is 9.86. The molecule has 1 aromatic rings. The Morgan fingerprint density at radius 3 is 2.57 bits per heavy atom. The number of guanidine groups is 1. The van der Waals surface area contributed by atoms with E-state index < -0.39 is 10.8 Å². The summed E-state index contributed by atoms with van der Waals surface area (Å²) >= 11 is 0. The van der Waals surface area contributed by atoms with Gasteiger partial charge in [-0.1, -0.05) is 49.6 Å². The third-order valence-electron chi connectivity index (χ3n) is 6.13. The highest BCUT2D eigenvalue weighted by Crippen LogP contribution is 2.34. The third-order valence-corrected chi connectivity index (χ3v) is 7.45. The molecule has 30 heavy (non-hydrogen) atoms. The fourth-order valence-corrected chi connectivity index (χ4v) is 5.54. The molecule has 0 spiro atoms. The molecule has 2 fully saturated rings. The van der Waals surface area contributed by atoms with Gasteiger partial charge < -0.3 is 15.4 Å². The standard InChI is InChI=1S/C23H38N4O2S/c1-2-24-22(25-13-18-30(28)19-21-9-5-3-6-10-21)26-20-23(11-7-4-8-12-23)27-14-16-29-17-15-27/h3,5-6,9-10H,2,4,7-8,11-20H2,1H3,(H2,24,25,26). The summed E-state index contributed by atoms with van der Waals surface area (Å²) in [5.74, 6) is 2.07. The van der Waals surface area contributed by atoms with Crippen molar-refractivity contribution in [2.45, 2.75) is 50.3 Å². The summed E-state index contributed by atoms with van der Waals surface area (Å²) < 4.78 is 18.0. The lowest BCUT2D eigenvalue weighted by Crippen LogP contribution is -2.56. The normalized spacial score (nSPS) is 21.2. The molecular formula is C23H38N4O2S. The molecule has 1 aliphatic carbocycles. The number of nitrogens with zero attached hydrogens (tertiary/aromatic N) is 2. The molecular weight excluding hydrogens is 396 g/mol. The molecule has 1 heterocycles. The molecule has 1 atom stereocenters. The highest BCUT2D eigenvalue weighted by Gasteiger charge is 2.38. The molecule has 168 valence electrons. The highest BCUT2D eigenvalue weighted by molar-refractivity contribution is 7.84. The van der Waals surface area contributed by atoms with Crippen LogP contribution in [0.15, 0.2) is 35.3 Å². The largest absolute Gasteiger partial charge is 0.379 e. The third kappa shape index (κ3) is 7.06. The van der Waals surface area contributed by atoms with E-state index in [2.05, 4.69) is 22.5 Å². The second-order valence-electron chi connectivity index (χ2n) is 8.28. The minimum atomic E-state index is -0.879. The van der Waals surface area contributed by atoms with E-state index in [1.807, 2.05) is 30.3 Å². The average molecular weight is 435 g/mol. The van der Waals surface area contributed by atoms with Crippen LogP contribution in [-0.2, 0) is 21.3 Å². The van der Waals surface area contributed by atoms with Crippen molar-refractivity contribution >= 4 is 16.8 Å². The van der Waals surface area contributed by atoms with E-state index in [-0.39, 0.29) is 5.54 Å². The molecule has 0 aromatic heterocycles. The molecule has 1 unspecified atom stereocenters. The predicted octanol–water partition coefficient (Wildman–Crippen LogP) is 2.53. The number of benzene rings is 1. The summed E-state index contributed by atoms with van der Waals surface area (Å²) in [5.41, 5.74) is 1.29. The van der Waals surface area contributed by atoms with Crippen LogP contribution in [-0.4, -0.2) is 72.3 Å². The van der Waals surface area contributed by atoms with Crippen molar-refractivity contribution in [2.75, 3.05) is 51.7 Å². The topological polar surface area (TPSA) is 66.0 Å². The minimum absolute atomic E-state index is 0.167. The molecule has 1 aromatic carbocycles. The fraction of sp³-hybridized carbons (Fsp3) is 0.696. The predicted molar refractivity (Wildman–Crippen MR) is 125 cm³/mol. The number of hydrogen-bond acceptors (Lipinski definition) is 4. The molecule has 2 aliphatic rings. The Labute approximate surface area is 184 Å². The van der Waals surface area contributed by atoms with E-state index in [0.717, 1.165) is 50.9 Å². The van der Waals surface area contributed by atoms with Crippen LogP contribution in [0, 0.1) is 0 Å². The Hall–Kier alpha value is -1.44. The van der Waals surface area contributed by atoms with Gasteiger partial charge in [0.1, 0.15) is 0 Å². The van der Waals surface area contributed by atoms with Crippen LogP contribution >= 0.6 is 0 Å². The summed E-state index contributed by atoms with van der Waals surface area (Å²) in [6.45, 7) is 8.07. The molecule has 0 bridgehead atoms. The van der Waals surface area contributed by atoms with Gasteiger partial charge in [-0.05, 0) is 25.3 Å². The number of rotatable bonds is 9. The lowest BCUT2D eigenvalue weighted by Gasteiger charge is -2.47. The highest BCUT2D eigenvalue weighted by atomic mass is 32.2. The number of ether oxygens (including phenoxy) is 1. The van der Waals surface area contributed by atoms with Crippen LogP contribution < -0.4 is 10.6 Å². The van der Waals surface area contributed by atoms with Gasteiger partial charge in [-0.3, -0.25) is 14.1 Å². The summed E-state index contributed by atoms with van der Waals surface area (Å²) in [6, 6.07) is 10.0. The lowest BCUT2D eigenvalue weighted by atomic mass is 9.80. The second kappa shape index (κ2) is 12.4. The first-order chi connectivity index (χ1) is 14.7. The minimum Gasteiger partial charge on any atom is -0.379 e. The maximum absolute atomic E-state index is 12.4. The van der Waals surface area contributed by atoms with Gasteiger partial charge in [-0.2, -0.15) is 0 Å². The lowest BCUT2D eigenvalue weighted by molar-refractivity contribution is -0.0333. The van der Waals surface area contributed by atoms with Crippen LogP contribution in [0.5, 0.6) is 0 Å². The first-order valence-electron chi connectivity index (χ1n) is 11.5. The molecule has 0 radical (unpaired) electrons. The maximum atomic E-state index is 12.4. The maximum Gasteiger partial charge on any atom is 0.191 e. The van der Waals surface area contributed by atoms with E-state index in [1.54, 1.807) is 0 Å². The first kappa shape index (κ1) is 23.2. The Morgan fingerprint density at radius 1 is 1.13 bits per heavy atom. The Bertz CT molecular complexity index is 671. The van der Waals surface area contributed by atoms with Gasteiger partial charge in [0.25, 0.3) is 0 Å². The quantitative estimate of drug-likeness (QED) is 0.462. The summed E-state index contributed by atoms with van der Waals surface area (Å²) in [6.07, 6.45) is 6.35. The zero-order valence-electron chi connectivity index (χ0n) is 18.4. The van der Waals surface area contributed by atoms with Crippen LogP contribution in [0.1, 0.15) is 44.6 Å². The van der Waals surface area contributed by atoms with E-state index in [9.17, 15) is 4.21 Å². The molecule has 1 aliphatic heterocycles. The zero-order valence-corrected chi connectivity index (χ0v) is 19.2. The molecule has 2 N–H and O–H groups in total. The van der Waals surface area contributed by atoms with Crippen LogP contribution in [0.25, 0.3) is 0 Å². The zero-order chi connectivity index (χ0) is 21.1. The van der Waals surface area contributed by atoms with Gasteiger partial charge >= 0.3 is 0 Å². The van der Waals surface area contributed by atoms with Crippen molar-refractivity contribution in [3.05, 3.63) is 35.9 Å². The van der Waals surface area contributed by atoms with E-state index in [1.165, 1.54) is 32.1 Å². The fourth-order valence-electron chi connectivity index (χ4n) is 4.51. The van der Waals surface area contributed by atoms with Crippen molar-refractivity contribution in [2.24, 2.45) is 4.99 Å². The van der Waals surface area contributed by atoms with Crippen molar-refractivity contribution in [3.8, 4) is 0 Å². The number of morpholine rings is 1. The van der Waals surface area contributed by atoms with Gasteiger partial charge in [0.05, 0.1) is 19.8 Å². The molecule has 7 heteroatoms. The smallest absolute Gasteiger partial charge is 0.191 e. The van der Waals surface area contributed by atoms with Crippen LogP contribution in [0.3, 0.4) is 0 Å². The van der Waals surface area contributed by atoms with E-state index >= 15 is 0 Å². The van der Waals surface area contributed by atoms with E-state index in [4.69, 9.17) is 9.73 Å². The SMILES string of the molecule is CCNC(=NCC1(N2CCOCC2)CCCCC1)NCCS(=O)Cc1ccccc1. The molecule has 1 saturated heterocycles. The van der Waals surface area contributed by atoms with E-state index in [0.29, 0.717) is 18.1 Å². The molecule has 1 saturated carbocycles. The Kier molecular flexibility index (Phi) is 9.62. The summed E-state index contributed by atoms with van der Waals surface area (Å²) in [4.78, 5) is 7.60. The van der Waals surface area contributed by atoms with Gasteiger partial charge in [0.2, 0.25) is 0 Å². The number of nitrogens with one attached hydrogen (secondary N) is 2. The van der Waals surface area contributed by atoms with Gasteiger partial charge in [0, 0.05) is 54.0 Å².